The summed E-state index contributed by atoms with van der Waals surface area (Å²) >= 11 is 0. The number of ether oxygens (including phenoxy) is 4. The van der Waals surface area contributed by atoms with E-state index in [1.54, 1.807) is 25.3 Å². The lowest BCUT2D eigenvalue weighted by Crippen LogP contribution is -2.34. The highest BCUT2D eigenvalue weighted by molar-refractivity contribution is 5.97. The Morgan fingerprint density at radius 3 is 2.47 bits per heavy atom. The van der Waals surface area contributed by atoms with E-state index in [0.29, 0.717) is 29.4 Å². The molecule has 0 bridgehead atoms. The van der Waals surface area contributed by atoms with E-state index in [1.165, 1.54) is 6.21 Å². The lowest BCUT2D eigenvalue weighted by Gasteiger charge is -2.07. The summed E-state index contributed by atoms with van der Waals surface area (Å²) in [6, 6.07) is 19.8. The summed E-state index contributed by atoms with van der Waals surface area (Å²) in [6.45, 7) is 0.342. The Hall–Kier alpha value is -4.53. The second-order valence-electron chi connectivity index (χ2n) is 7.25. The molecule has 0 saturated carbocycles. The topological polar surface area (TPSA) is 107 Å². The van der Waals surface area contributed by atoms with Crippen molar-refractivity contribution in [2.75, 3.05) is 20.4 Å². The molecule has 3 aromatic rings. The summed E-state index contributed by atoms with van der Waals surface area (Å²) in [6.07, 6.45) is 1.50. The first-order chi connectivity index (χ1) is 16.6. The van der Waals surface area contributed by atoms with E-state index in [-0.39, 0.29) is 13.3 Å². The first-order valence-electron chi connectivity index (χ1n) is 10.5. The van der Waals surface area contributed by atoms with E-state index in [1.807, 2.05) is 48.5 Å². The zero-order valence-electron chi connectivity index (χ0n) is 18.4. The molecule has 0 aromatic heterocycles. The van der Waals surface area contributed by atoms with E-state index in [2.05, 4.69) is 15.8 Å². The molecule has 1 aliphatic rings. The van der Waals surface area contributed by atoms with Crippen molar-refractivity contribution in [2.45, 2.75) is 6.61 Å². The number of carbonyl (C=O) groups excluding carboxylic acids is 2. The summed E-state index contributed by atoms with van der Waals surface area (Å²) < 4.78 is 21.4. The van der Waals surface area contributed by atoms with Crippen LogP contribution in [0.3, 0.4) is 0 Å². The first kappa shape index (κ1) is 22.7. The highest BCUT2D eigenvalue weighted by atomic mass is 16.7. The molecule has 3 aromatic carbocycles. The molecule has 0 spiro atoms. The number of hydrogen-bond acceptors (Lipinski definition) is 7. The summed E-state index contributed by atoms with van der Waals surface area (Å²) in [7, 11) is 1.63. The average molecular weight is 461 g/mol. The van der Waals surface area contributed by atoms with Crippen LogP contribution in [0.2, 0.25) is 0 Å². The Bertz CT molecular complexity index is 1180. The number of hydrazone groups is 1. The molecule has 2 N–H and O–H groups in total. The van der Waals surface area contributed by atoms with Gasteiger partial charge in [-0.05, 0) is 65.7 Å². The standard InChI is InChI=1S/C25H23N3O6/c1-31-20-7-4-18(5-8-20)15-32-21-9-2-17(3-10-21)13-27-28-24(29)14-26-25(30)19-6-11-22-23(12-19)34-16-33-22/h2-13H,14-16H2,1H3,(H,26,30)(H,28,29)/b27-13+. The van der Waals surface area contributed by atoms with Gasteiger partial charge in [-0.2, -0.15) is 5.10 Å². The SMILES string of the molecule is COc1ccc(COc2ccc(/C=N/NC(=O)CNC(=O)c3ccc4c(c3)OCO4)cc2)cc1. The lowest BCUT2D eigenvalue weighted by molar-refractivity contribution is -0.120. The van der Waals surface area contributed by atoms with Crippen LogP contribution in [0, 0.1) is 0 Å². The highest BCUT2D eigenvalue weighted by Gasteiger charge is 2.16. The van der Waals surface area contributed by atoms with Crippen molar-refractivity contribution in [3.63, 3.8) is 0 Å². The molecule has 0 saturated heterocycles. The largest absolute Gasteiger partial charge is 0.497 e. The van der Waals surface area contributed by atoms with Gasteiger partial charge in [-0.25, -0.2) is 5.43 Å². The van der Waals surface area contributed by atoms with Gasteiger partial charge in [0.1, 0.15) is 18.1 Å². The van der Waals surface area contributed by atoms with Gasteiger partial charge >= 0.3 is 0 Å². The van der Waals surface area contributed by atoms with Gasteiger partial charge in [0.25, 0.3) is 11.8 Å². The molecular formula is C25H23N3O6. The minimum Gasteiger partial charge on any atom is -0.497 e. The van der Waals surface area contributed by atoms with Crippen molar-refractivity contribution >= 4 is 18.0 Å². The van der Waals surface area contributed by atoms with Crippen LogP contribution in [0.15, 0.2) is 71.8 Å². The van der Waals surface area contributed by atoms with Crippen molar-refractivity contribution < 1.29 is 28.5 Å². The zero-order valence-corrected chi connectivity index (χ0v) is 18.4. The molecule has 0 fully saturated rings. The Balaban J connectivity index is 1.19. The quantitative estimate of drug-likeness (QED) is 0.375. The first-order valence-corrected chi connectivity index (χ1v) is 10.5. The molecule has 2 amide bonds. The van der Waals surface area contributed by atoms with E-state index in [0.717, 1.165) is 16.9 Å². The minimum absolute atomic E-state index is 0.125. The van der Waals surface area contributed by atoms with Gasteiger partial charge in [0, 0.05) is 5.56 Å². The van der Waals surface area contributed by atoms with Crippen LogP contribution in [-0.4, -0.2) is 38.5 Å². The molecule has 9 heteroatoms. The molecule has 0 atom stereocenters. The number of nitrogens with one attached hydrogen (secondary N) is 2. The predicted molar refractivity (Wildman–Crippen MR) is 124 cm³/mol. The molecule has 0 aliphatic carbocycles. The number of hydrogen-bond donors (Lipinski definition) is 2. The molecule has 1 aliphatic heterocycles. The van der Waals surface area contributed by atoms with Crippen LogP contribution in [0.25, 0.3) is 0 Å². The summed E-state index contributed by atoms with van der Waals surface area (Å²) in [5, 5.41) is 6.45. The van der Waals surface area contributed by atoms with Crippen molar-refractivity contribution in [3.8, 4) is 23.0 Å². The number of amides is 2. The van der Waals surface area contributed by atoms with Crippen LogP contribution < -0.4 is 29.7 Å². The van der Waals surface area contributed by atoms with Gasteiger partial charge < -0.3 is 24.3 Å². The van der Waals surface area contributed by atoms with E-state index < -0.39 is 11.8 Å². The Kier molecular flexibility index (Phi) is 7.24. The molecule has 1 heterocycles. The molecule has 4 rings (SSSR count). The Labute approximate surface area is 196 Å². The molecule has 0 radical (unpaired) electrons. The maximum Gasteiger partial charge on any atom is 0.259 e. The third-order valence-electron chi connectivity index (χ3n) is 4.89. The molecule has 9 nitrogen and oxygen atoms in total. The Morgan fingerprint density at radius 2 is 1.71 bits per heavy atom. The van der Waals surface area contributed by atoms with Gasteiger partial charge in [-0.15, -0.1) is 0 Å². The third-order valence-corrected chi connectivity index (χ3v) is 4.89. The molecule has 34 heavy (non-hydrogen) atoms. The zero-order chi connectivity index (χ0) is 23.8. The normalized spacial score (nSPS) is 11.8. The summed E-state index contributed by atoms with van der Waals surface area (Å²) in [5.41, 5.74) is 4.56. The van der Waals surface area contributed by atoms with Crippen molar-refractivity contribution in [2.24, 2.45) is 5.10 Å². The lowest BCUT2D eigenvalue weighted by atomic mass is 10.2. The number of rotatable bonds is 9. The van der Waals surface area contributed by atoms with E-state index in [9.17, 15) is 9.59 Å². The van der Waals surface area contributed by atoms with Crippen molar-refractivity contribution in [1.29, 1.82) is 0 Å². The fourth-order valence-corrected chi connectivity index (χ4v) is 3.06. The highest BCUT2D eigenvalue weighted by Crippen LogP contribution is 2.32. The predicted octanol–water partition coefficient (Wildman–Crippen LogP) is 2.88. The number of benzene rings is 3. The minimum atomic E-state index is -0.454. The number of nitrogens with zero attached hydrogens (tertiary/aromatic N) is 1. The second kappa shape index (κ2) is 10.9. The molecule has 0 unspecified atom stereocenters. The third kappa shape index (κ3) is 6.04. The molecular weight excluding hydrogens is 438 g/mol. The van der Waals surface area contributed by atoms with Crippen molar-refractivity contribution in [3.05, 3.63) is 83.4 Å². The van der Waals surface area contributed by atoms with Crippen LogP contribution >= 0.6 is 0 Å². The number of fused-ring (bicyclic) bond motifs is 1. The Morgan fingerprint density at radius 1 is 0.971 bits per heavy atom. The average Bonchev–Trinajstić information content (AvgIpc) is 3.35. The molecule has 174 valence electrons. The fraction of sp³-hybridized carbons (Fsp3) is 0.160. The fourth-order valence-electron chi connectivity index (χ4n) is 3.06. The van der Waals surface area contributed by atoms with Crippen LogP contribution in [0.5, 0.6) is 23.0 Å². The van der Waals surface area contributed by atoms with Gasteiger partial charge in [-0.3, -0.25) is 9.59 Å². The van der Waals surface area contributed by atoms with Gasteiger partial charge in [-0.1, -0.05) is 12.1 Å². The van der Waals surface area contributed by atoms with Crippen LogP contribution in [0.4, 0.5) is 0 Å². The van der Waals surface area contributed by atoms with E-state index in [4.69, 9.17) is 18.9 Å². The maximum atomic E-state index is 12.2. The smallest absolute Gasteiger partial charge is 0.259 e. The monoisotopic (exact) mass is 461 g/mol. The van der Waals surface area contributed by atoms with Gasteiger partial charge in [0.15, 0.2) is 11.5 Å². The van der Waals surface area contributed by atoms with E-state index >= 15 is 0 Å². The van der Waals surface area contributed by atoms with Crippen LogP contribution in [0.1, 0.15) is 21.5 Å². The van der Waals surface area contributed by atoms with Crippen LogP contribution in [-0.2, 0) is 11.4 Å². The second-order valence-corrected chi connectivity index (χ2v) is 7.25. The summed E-state index contributed by atoms with van der Waals surface area (Å²) in [4.78, 5) is 24.2. The number of carbonyl (C=O) groups is 2. The van der Waals surface area contributed by atoms with Crippen molar-refractivity contribution in [1.82, 2.24) is 10.7 Å². The van der Waals surface area contributed by atoms with Gasteiger partial charge in [0.05, 0.1) is 19.9 Å². The van der Waals surface area contributed by atoms with Gasteiger partial charge in [0.2, 0.25) is 6.79 Å². The maximum absolute atomic E-state index is 12.2. The number of methoxy groups -OCH3 is 1. The summed E-state index contributed by atoms with van der Waals surface area (Å²) in [5.74, 6) is 1.74.